The number of rotatable bonds is 2. The molecule has 1 aliphatic heterocycles. The summed E-state index contributed by atoms with van der Waals surface area (Å²) in [5.41, 5.74) is 2.48. The number of carbonyl (C=O) groups is 1. The number of hydrogen-bond donors (Lipinski definition) is 3. The Morgan fingerprint density at radius 3 is 2.72 bits per heavy atom. The van der Waals surface area contributed by atoms with Gasteiger partial charge in [0.25, 0.3) is 0 Å². The summed E-state index contributed by atoms with van der Waals surface area (Å²) in [5.74, 6) is -0.318. The van der Waals surface area contributed by atoms with Crippen molar-refractivity contribution in [2.75, 3.05) is 13.1 Å². The Bertz CT molecular complexity index is 582. The molecule has 4 nitrogen and oxygen atoms in total. The summed E-state index contributed by atoms with van der Waals surface area (Å²) in [6.45, 7) is 2.13. The fourth-order valence-electron chi connectivity index (χ4n) is 2.67. The molecule has 1 aliphatic rings. The van der Waals surface area contributed by atoms with Gasteiger partial charge in [0.2, 0.25) is 0 Å². The number of piperidine rings is 1. The molecule has 0 radical (unpaired) electrons. The molecule has 2 aromatic rings. The Morgan fingerprint density at radius 1 is 1.22 bits per heavy atom. The molecule has 1 aromatic heterocycles. The lowest BCUT2D eigenvalue weighted by Crippen LogP contribution is -2.26. The lowest BCUT2D eigenvalue weighted by atomic mass is 9.90. The maximum atomic E-state index is 10.9. The second-order valence-corrected chi connectivity index (χ2v) is 4.86. The number of aromatic amines is 1. The molecule has 2 heterocycles. The van der Waals surface area contributed by atoms with Crippen LogP contribution in [0, 0.1) is 0 Å². The first-order valence-electron chi connectivity index (χ1n) is 6.31. The molecule has 94 valence electrons. The molecule has 3 rings (SSSR count). The molecule has 3 N–H and O–H groups in total. The van der Waals surface area contributed by atoms with Crippen LogP contribution in [-0.2, 0) is 0 Å². The van der Waals surface area contributed by atoms with Gasteiger partial charge in [0.15, 0.2) is 0 Å². The van der Waals surface area contributed by atoms with E-state index in [4.69, 9.17) is 5.11 Å². The SMILES string of the molecule is O=C(O)c1cc2ccc(C3CCNCC3)cc2[nH]1. The third-order valence-corrected chi connectivity index (χ3v) is 3.69. The zero-order valence-electron chi connectivity index (χ0n) is 10.1. The number of carboxylic acids is 1. The van der Waals surface area contributed by atoms with E-state index in [9.17, 15) is 4.79 Å². The van der Waals surface area contributed by atoms with Crippen molar-refractivity contribution in [3.8, 4) is 0 Å². The number of H-pyrrole nitrogens is 1. The van der Waals surface area contributed by atoms with Crippen molar-refractivity contribution in [1.82, 2.24) is 10.3 Å². The number of hydrogen-bond acceptors (Lipinski definition) is 2. The highest BCUT2D eigenvalue weighted by molar-refractivity contribution is 5.93. The smallest absolute Gasteiger partial charge is 0.352 e. The molecule has 0 spiro atoms. The Morgan fingerprint density at radius 2 is 2.00 bits per heavy atom. The van der Waals surface area contributed by atoms with E-state index in [0.29, 0.717) is 5.92 Å². The monoisotopic (exact) mass is 244 g/mol. The topological polar surface area (TPSA) is 65.1 Å². The fourth-order valence-corrected chi connectivity index (χ4v) is 2.67. The zero-order valence-corrected chi connectivity index (χ0v) is 10.1. The van der Waals surface area contributed by atoms with Crippen molar-refractivity contribution >= 4 is 16.9 Å². The Kier molecular flexibility index (Phi) is 2.80. The van der Waals surface area contributed by atoms with E-state index in [1.54, 1.807) is 6.07 Å². The van der Waals surface area contributed by atoms with E-state index in [1.807, 2.05) is 6.07 Å². The predicted molar refractivity (Wildman–Crippen MR) is 70.1 cm³/mol. The van der Waals surface area contributed by atoms with Crippen LogP contribution < -0.4 is 5.32 Å². The Balaban J connectivity index is 1.96. The third kappa shape index (κ3) is 1.99. The quantitative estimate of drug-likeness (QED) is 0.759. The predicted octanol–water partition coefficient (Wildman–Crippen LogP) is 2.33. The van der Waals surface area contributed by atoms with E-state index < -0.39 is 5.97 Å². The van der Waals surface area contributed by atoms with E-state index in [0.717, 1.165) is 36.8 Å². The molecular weight excluding hydrogens is 228 g/mol. The summed E-state index contributed by atoms with van der Waals surface area (Å²) < 4.78 is 0. The summed E-state index contributed by atoms with van der Waals surface area (Å²) >= 11 is 0. The van der Waals surface area contributed by atoms with Gasteiger partial charge in [0, 0.05) is 10.9 Å². The average Bonchev–Trinajstić information content (AvgIpc) is 2.82. The molecule has 0 bridgehead atoms. The molecule has 4 heteroatoms. The maximum absolute atomic E-state index is 10.9. The standard InChI is InChI=1S/C14H16N2O2/c17-14(18)13-8-11-2-1-10(7-12(11)16-13)9-3-5-15-6-4-9/h1-2,7-9,15-16H,3-6H2,(H,17,18). The van der Waals surface area contributed by atoms with Crippen molar-refractivity contribution in [2.24, 2.45) is 0 Å². The molecule has 1 fully saturated rings. The number of fused-ring (bicyclic) bond motifs is 1. The highest BCUT2D eigenvalue weighted by Gasteiger charge is 2.16. The lowest BCUT2D eigenvalue weighted by Gasteiger charge is -2.22. The van der Waals surface area contributed by atoms with Crippen LogP contribution in [0.3, 0.4) is 0 Å². The van der Waals surface area contributed by atoms with Gasteiger partial charge in [-0.1, -0.05) is 12.1 Å². The number of nitrogens with one attached hydrogen (secondary N) is 2. The Hall–Kier alpha value is -1.81. The van der Waals surface area contributed by atoms with Gasteiger partial charge in [-0.2, -0.15) is 0 Å². The normalized spacial score (nSPS) is 17.1. The first kappa shape index (κ1) is 11.3. The molecule has 18 heavy (non-hydrogen) atoms. The summed E-state index contributed by atoms with van der Waals surface area (Å²) in [6.07, 6.45) is 2.30. The van der Waals surface area contributed by atoms with Crippen molar-refractivity contribution < 1.29 is 9.90 Å². The van der Waals surface area contributed by atoms with Gasteiger partial charge in [-0.25, -0.2) is 4.79 Å². The molecular formula is C14H16N2O2. The number of carboxylic acid groups (broad SMARTS) is 1. The van der Waals surface area contributed by atoms with Crippen LogP contribution >= 0.6 is 0 Å². The van der Waals surface area contributed by atoms with Crippen LogP contribution in [-0.4, -0.2) is 29.1 Å². The van der Waals surface area contributed by atoms with Gasteiger partial charge in [-0.15, -0.1) is 0 Å². The van der Waals surface area contributed by atoms with E-state index in [-0.39, 0.29) is 5.69 Å². The second kappa shape index (κ2) is 4.46. The first-order valence-corrected chi connectivity index (χ1v) is 6.31. The van der Waals surface area contributed by atoms with Crippen LogP contribution in [0.15, 0.2) is 24.3 Å². The highest BCUT2D eigenvalue weighted by Crippen LogP contribution is 2.28. The summed E-state index contributed by atoms with van der Waals surface area (Å²) in [4.78, 5) is 13.9. The number of benzene rings is 1. The first-order chi connectivity index (χ1) is 8.74. The van der Waals surface area contributed by atoms with Crippen LogP contribution in [0.1, 0.15) is 34.8 Å². The minimum atomic E-state index is -0.908. The number of aromatic carboxylic acids is 1. The minimum Gasteiger partial charge on any atom is -0.477 e. The largest absolute Gasteiger partial charge is 0.477 e. The van der Waals surface area contributed by atoms with E-state index in [2.05, 4.69) is 22.4 Å². The highest BCUT2D eigenvalue weighted by atomic mass is 16.4. The zero-order chi connectivity index (χ0) is 12.5. The van der Waals surface area contributed by atoms with Crippen molar-refractivity contribution in [3.05, 3.63) is 35.5 Å². The second-order valence-electron chi connectivity index (χ2n) is 4.86. The van der Waals surface area contributed by atoms with Gasteiger partial charge in [-0.3, -0.25) is 0 Å². The molecule has 0 atom stereocenters. The van der Waals surface area contributed by atoms with Crippen LogP contribution in [0.5, 0.6) is 0 Å². The molecule has 0 saturated carbocycles. The Labute approximate surface area is 105 Å². The van der Waals surface area contributed by atoms with E-state index in [1.165, 1.54) is 5.56 Å². The van der Waals surface area contributed by atoms with Gasteiger partial charge in [-0.05, 0) is 49.5 Å². The summed E-state index contributed by atoms with van der Waals surface area (Å²) in [6, 6.07) is 7.91. The molecule has 0 amide bonds. The summed E-state index contributed by atoms with van der Waals surface area (Å²) in [7, 11) is 0. The van der Waals surface area contributed by atoms with E-state index >= 15 is 0 Å². The molecule has 1 saturated heterocycles. The minimum absolute atomic E-state index is 0.257. The maximum Gasteiger partial charge on any atom is 0.352 e. The number of aromatic nitrogens is 1. The van der Waals surface area contributed by atoms with Gasteiger partial charge >= 0.3 is 5.97 Å². The molecule has 0 aliphatic carbocycles. The summed E-state index contributed by atoms with van der Waals surface area (Å²) in [5, 5.41) is 13.3. The van der Waals surface area contributed by atoms with Crippen LogP contribution in [0.4, 0.5) is 0 Å². The molecule has 0 unspecified atom stereocenters. The fraction of sp³-hybridized carbons (Fsp3) is 0.357. The van der Waals surface area contributed by atoms with Gasteiger partial charge < -0.3 is 15.4 Å². The van der Waals surface area contributed by atoms with Gasteiger partial charge in [0.1, 0.15) is 5.69 Å². The van der Waals surface area contributed by atoms with Crippen molar-refractivity contribution in [3.63, 3.8) is 0 Å². The average molecular weight is 244 g/mol. The molecule has 1 aromatic carbocycles. The van der Waals surface area contributed by atoms with Gasteiger partial charge in [0.05, 0.1) is 0 Å². The van der Waals surface area contributed by atoms with Crippen molar-refractivity contribution in [2.45, 2.75) is 18.8 Å². The van der Waals surface area contributed by atoms with Crippen LogP contribution in [0.25, 0.3) is 10.9 Å². The third-order valence-electron chi connectivity index (χ3n) is 3.69. The van der Waals surface area contributed by atoms with Crippen molar-refractivity contribution in [1.29, 1.82) is 0 Å². The van der Waals surface area contributed by atoms with Crippen LogP contribution in [0.2, 0.25) is 0 Å². The lowest BCUT2D eigenvalue weighted by molar-refractivity contribution is 0.0691.